The Hall–Kier alpha value is -1.66. The van der Waals surface area contributed by atoms with E-state index in [2.05, 4.69) is 21.2 Å². The quantitative estimate of drug-likeness (QED) is 0.857. The molecule has 2 amide bonds. The molecule has 120 valence electrons. The monoisotopic (exact) mass is 392 g/mol. The van der Waals surface area contributed by atoms with Gasteiger partial charge in [-0.15, -0.1) is 11.3 Å². The summed E-state index contributed by atoms with van der Waals surface area (Å²) in [5.41, 5.74) is 1.54. The first kappa shape index (κ1) is 16.2. The second kappa shape index (κ2) is 7.27. The molecule has 1 aliphatic rings. The number of likely N-dealkylation sites (tertiary alicyclic amines) is 1. The van der Waals surface area contributed by atoms with E-state index in [1.807, 2.05) is 46.7 Å². The van der Waals surface area contributed by atoms with E-state index in [1.54, 1.807) is 0 Å². The number of rotatable bonds is 3. The van der Waals surface area contributed by atoms with Gasteiger partial charge in [0, 0.05) is 30.1 Å². The average molecular weight is 393 g/mol. The van der Waals surface area contributed by atoms with Gasteiger partial charge in [-0.2, -0.15) is 0 Å². The predicted molar refractivity (Wildman–Crippen MR) is 95.7 cm³/mol. The minimum atomic E-state index is -0.0338. The summed E-state index contributed by atoms with van der Waals surface area (Å²) in [6, 6.07) is 11.3. The van der Waals surface area contributed by atoms with Crippen molar-refractivity contribution in [3.05, 3.63) is 51.1 Å². The van der Waals surface area contributed by atoms with E-state index < -0.39 is 0 Å². The second-order valence-electron chi connectivity index (χ2n) is 5.56. The van der Waals surface area contributed by atoms with Gasteiger partial charge in [0.2, 0.25) is 5.91 Å². The average Bonchev–Trinajstić information content (AvgIpc) is 3.02. The van der Waals surface area contributed by atoms with Crippen LogP contribution < -0.4 is 5.32 Å². The van der Waals surface area contributed by atoms with Gasteiger partial charge in [0.1, 0.15) is 0 Å². The van der Waals surface area contributed by atoms with Crippen LogP contribution in [0.25, 0.3) is 0 Å². The van der Waals surface area contributed by atoms with Gasteiger partial charge in [-0.3, -0.25) is 9.59 Å². The van der Waals surface area contributed by atoms with Gasteiger partial charge in [0.15, 0.2) is 0 Å². The summed E-state index contributed by atoms with van der Waals surface area (Å²) in [7, 11) is 0. The lowest BCUT2D eigenvalue weighted by atomic mass is 9.95. The minimum Gasteiger partial charge on any atom is -0.339 e. The molecule has 1 saturated heterocycles. The molecule has 0 unspecified atom stereocenters. The highest BCUT2D eigenvalue weighted by Crippen LogP contribution is 2.25. The van der Waals surface area contributed by atoms with Crippen molar-refractivity contribution in [2.45, 2.75) is 12.8 Å². The van der Waals surface area contributed by atoms with Gasteiger partial charge in [-0.1, -0.05) is 18.2 Å². The lowest BCUT2D eigenvalue weighted by Crippen LogP contribution is -2.41. The Kier molecular flexibility index (Phi) is 5.13. The maximum absolute atomic E-state index is 12.4. The third-order valence-corrected chi connectivity index (χ3v) is 5.51. The molecule has 0 atom stereocenters. The lowest BCUT2D eigenvalue weighted by Gasteiger charge is -2.31. The number of nitrogens with one attached hydrogen (secondary N) is 1. The van der Waals surface area contributed by atoms with E-state index in [0.29, 0.717) is 31.5 Å². The van der Waals surface area contributed by atoms with Crippen molar-refractivity contribution in [3.63, 3.8) is 0 Å². The second-order valence-corrected chi connectivity index (χ2v) is 7.85. The van der Waals surface area contributed by atoms with Gasteiger partial charge in [0.25, 0.3) is 5.91 Å². The molecule has 1 aromatic heterocycles. The number of hydrogen-bond acceptors (Lipinski definition) is 3. The largest absolute Gasteiger partial charge is 0.339 e. The molecule has 6 heteroatoms. The smallest absolute Gasteiger partial charge is 0.254 e. The summed E-state index contributed by atoms with van der Waals surface area (Å²) in [5.74, 6) is 0.0592. The van der Waals surface area contributed by atoms with Crippen LogP contribution in [0, 0.1) is 5.92 Å². The highest BCUT2D eigenvalue weighted by atomic mass is 79.9. The molecule has 0 aliphatic carbocycles. The van der Waals surface area contributed by atoms with Crippen molar-refractivity contribution in [1.82, 2.24) is 4.90 Å². The molecule has 1 fully saturated rings. The van der Waals surface area contributed by atoms with E-state index in [4.69, 9.17) is 0 Å². The molecule has 2 aromatic rings. The number of thiophene rings is 1. The Bertz CT molecular complexity index is 694. The summed E-state index contributed by atoms with van der Waals surface area (Å²) >= 11 is 4.89. The van der Waals surface area contributed by atoms with Crippen LogP contribution in [0.15, 0.2) is 45.6 Å². The van der Waals surface area contributed by atoms with Gasteiger partial charge >= 0.3 is 0 Å². The van der Waals surface area contributed by atoms with E-state index >= 15 is 0 Å². The number of para-hydroxylation sites is 1. The molecule has 2 heterocycles. The predicted octanol–water partition coefficient (Wildman–Crippen LogP) is 4.00. The molecule has 4 nitrogen and oxygen atoms in total. The van der Waals surface area contributed by atoms with Crippen LogP contribution in [0.3, 0.4) is 0 Å². The third kappa shape index (κ3) is 4.00. The van der Waals surface area contributed by atoms with Crippen molar-refractivity contribution >= 4 is 44.8 Å². The number of halogens is 1. The fraction of sp³-hybridized carbons (Fsp3) is 0.294. The first-order chi connectivity index (χ1) is 11.1. The Morgan fingerprint density at radius 1 is 1.17 bits per heavy atom. The lowest BCUT2D eigenvalue weighted by molar-refractivity contribution is -0.121. The molecule has 0 spiro atoms. The molecular weight excluding hydrogens is 376 g/mol. The van der Waals surface area contributed by atoms with Crippen LogP contribution in [-0.2, 0) is 4.79 Å². The molecule has 0 saturated carbocycles. The van der Waals surface area contributed by atoms with Crippen LogP contribution in [0.4, 0.5) is 5.69 Å². The van der Waals surface area contributed by atoms with Crippen LogP contribution in [0.2, 0.25) is 0 Å². The molecule has 1 N–H and O–H groups in total. The summed E-state index contributed by atoms with van der Waals surface area (Å²) in [4.78, 5) is 26.5. The zero-order valence-electron chi connectivity index (χ0n) is 12.5. The number of benzene rings is 1. The topological polar surface area (TPSA) is 49.4 Å². The first-order valence-electron chi connectivity index (χ1n) is 7.52. The number of amides is 2. The van der Waals surface area contributed by atoms with Crippen LogP contribution in [-0.4, -0.2) is 29.8 Å². The van der Waals surface area contributed by atoms with Crippen molar-refractivity contribution in [1.29, 1.82) is 0 Å². The zero-order chi connectivity index (χ0) is 16.2. The number of hydrogen-bond donors (Lipinski definition) is 1. The van der Waals surface area contributed by atoms with Crippen molar-refractivity contribution in [2.24, 2.45) is 5.92 Å². The maximum Gasteiger partial charge on any atom is 0.254 e. The molecule has 1 aliphatic heterocycles. The Morgan fingerprint density at radius 2 is 1.87 bits per heavy atom. The fourth-order valence-electron chi connectivity index (χ4n) is 2.72. The van der Waals surface area contributed by atoms with Crippen LogP contribution in [0.1, 0.15) is 23.2 Å². The van der Waals surface area contributed by atoms with Crippen molar-refractivity contribution in [3.8, 4) is 0 Å². The van der Waals surface area contributed by atoms with Crippen LogP contribution >= 0.6 is 27.3 Å². The number of anilines is 1. The normalized spacial score (nSPS) is 15.4. The Morgan fingerprint density at radius 3 is 2.48 bits per heavy atom. The molecule has 0 bridgehead atoms. The maximum atomic E-state index is 12.4. The number of carbonyl (C=O) groups excluding carboxylic acids is 2. The summed E-state index contributed by atoms with van der Waals surface area (Å²) in [6.07, 6.45) is 1.41. The number of carbonyl (C=O) groups is 2. The minimum absolute atomic E-state index is 0.0338. The van der Waals surface area contributed by atoms with E-state index in [0.717, 1.165) is 9.47 Å². The summed E-state index contributed by atoms with van der Waals surface area (Å²) < 4.78 is 0.956. The zero-order valence-corrected chi connectivity index (χ0v) is 14.9. The van der Waals surface area contributed by atoms with Crippen molar-refractivity contribution < 1.29 is 9.59 Å². The van der Waals surface area contributed by atoms with E-state index in [9.17, 15) is 9.59 Å². The highest BCUT2D eigenvalue weighted by Gasteiger charge is 2.28. The number of nitrogens with zero attached hydrogens (tertiary/aromatic N) is 1. The van der Waals surface area contributed by atoms with E-state index in [-0.39, 0.29) is 17.7 Å². The summed E-state index contributed by atoms with van der Waals surface area (Å²) in [5, 5.41) is 4.81. The van der Waals surface area contributed by atoms with E-state index in [1.165, 1.54) is 11.3 Å². The Balaban J connectivity index is 1.54. The number of piperidine rings is 1. The molecule has 23 heavy (non-hydrogen) atoms. The van der Waals surface area contributed by atoms with Crippen LogP contribution in [0.5, 0.6) is 0 Å². The summed E-state index contributed by atoms with van der Waals surface area (Å²) in [6.45, 7) is 1.25. The molecular formula is C17H17BrN2O2S. The molecule has 0 radical (unpaired) electrons. The standard InChI is InChI=1S/C17H17BrN2O2S/c18-15-10-13(11-23-15)17(22)20-8-6-12(7-9-20)16(21)19-14-4-2-1-3-5-14/h1-5,10-12H,6-9H2,(H,19,21). The van der Waals surface area contributed by atoms with Gasteiger partial charge in [-0.25, -0.2) is 0 Å². The molecule has 1 aromatic carbocycles. The molecule has 3 rings (SSSR count). The SMILES string of the molecule is O=C(Nc1ccccc1)C1CCN(C(=O)c2csc(Br)c2)CC1. The van der Waals surface area contributed by atoms with Gasteiger partial charge < -0.3 is 10.2 Å². The van der Waals surface area contributed by atoms with Crippen molar-refractivity contribution in [2.75, 3.05) is 18.4 Å². The first-order valence-corrected chi connectivity index (χ1v) is 9.20. The Labute approximate surface area is 147 Å². The van der Waals surface area contributed by atoms with Gasteiger partial charge in [0.05, 0.1) is 9.35 Å². The third-order valence-electron chi connectivity index (χ3n) is 4.01. The highest BCUT2D eigenvalue weighted by molar-refractivity contribution is 9.11. The van der Waals surface area contributed by atoms with Gasteiger partial charge in [-0.05, 0) is 47.0 Å². The fourth-order valence-corrected chi connectivity index (χ4v) is 3.85.